The van der Waals surface area contributed by atoms with Crippen molar-refractivity contribution in [2.75, 3.05) is 35.5 Å². The minimum atomic E-state index is -0.660. The first-order valence-corrected chi connectivity index (χ1v) is 11.7. The first-order chi connectivity index (χ1) is 19.3. The van der Waals surface area contributed by atoms with E-state index in [2.05, 4.69) is 50.7 Å². The van der Waals surface area contributed by atoms with Crippen LogP contribution in [0.2, 0.25) is 0 Å². The fraction of sp³-hybridized carbons (Fsp3) is 0.0769. The number of anilines is 4. The van der Waals surface area contributed by atoms with E-state index in [9.17, 15) is 19.2 Å². The molecule has 0 bridgehead atoms. The van der Waals surface area contributed by atoms with Crippen LogP contribution in [0.5, 0.6) is 0 Å². The molecule has 0 saturated heterocycles. The summed E-state index contributed by atoms with van der Waals surface area (Å²) in [6.45, 7) is 0. The maximum absolute atomic E-state index is 12.8. The Labute approximate surface area is 225 Å². The van der Waals surface area contributed by atoms with Gasteiger partial charge in [-0.05, 0) is 60.7 Å². The largest absolute Gasteiger partial charge is 0.453 e. The smallest absolute Gasteiger partial charge is 0.413 e. The summed E-state index contributed by atoms with van der Waals surface area (Å²) in [6.07, 6.45) is -1.32. The van der Waals surface area contributed by atoms with E-state index in [-0.39, 0.29) is 23.7 Å². The summed E-state index contributed by atoms with van der Waals surface area (Å²) in [6, 6.07) is 16.3. The SMILES string of the molecule is COC(=O)Nc1nc2cc(NC(=O)c3ccc(C(=O)Nc4ccc5[nH]c(NC(=O)OC)nc5c4)cc3)ccc2[nH]1. The van der Waals surface area contributed by atoms with E-state index in [4.69, 9.17) is 0 Å². The highest BCUT2D eigenvalue weighted by molar-refractivity contribution is 6.08. The molecule has 0 radical (unpaired) electrons. The van der Waals surface area contributed by atoms with E-state index in [1.54, 1.807) is 36.4 Å². The van der Waals surface area contributed by atoms with Gasteiger partial charge in [-0.3, -0.25) is 20.2 Å². The average molecular weight is 543 g/mol. The van der Waals surface area contributed by atoms with Crippen molar-refractivity contribution in [3.05, 3.63) is 71.8 Å². The van der Waals surface area contributed by atoms with Crippen LogP contribution in [0.3, 0.4) is 0 Å². The average Bonchev–Trinajstić information content (AvgIpc) is 3.54. The lowest BCUT2D eigenvalue weighted by molar-refractivity contribution is 0.101. The minimum Gasteiger partial charge on any atom is -0.453 e. The Kier molecular flexibility index (Phi) is 6.96. The molecular weight excluding hydrogens is 520 g/mol. The second-order valence-electron chi connectivity index (χ2n) is 8.35. The number of methoxy groups -OCH3 is 2. The molecule has 0 spiro atoms. The Morgan fingerprint density at radius 3 is 1.38 bits per heavy atom. The number of rotatable bonds is 6. The number of hydrogen-bond donors (Lipinski definition) is 6. The summed E-state index contributed by atoms with van der Waals surface area (Å²) >= 11 is 0. The van der Waals surface area contributed by atoms with Gasteiger partial charge in [-0.2, -0.15) is 0 Å². The highest BCUT2D eigenvalue weighted by atomic mass is 16.5. The summed E-state index contributed by atoms with van der Waals surface area (Å²) < 4.78 is 9.09. The second-order valence-corrected chi connectivity index (χ2v) is 8.35. The Morgan fingerprint density at radius 1 is 0.600 bits per heavy atom. The number of carbonyl (C=O) groups is 4. The monoisotopic (exact) mass is 542 g/mol. The van der Waals surface area contributed by atoms with Crippen molar-refractivity contribution in [1.29, 1.82) is 0 Å². The van der Waals surface area contributed by atoms with Crippen LogP contribution in [0.4, 0.5) is 32.9 Å². The van der Waals surface area contributed by atoms with Gasteiger partial charge in [-0.15, -0.1) is 0 Å². The van der Waals surface area contributed by atoms with E-state index >= 15 is 0 Å². The van der Waals surface area contributed by atoms with Crippen molar-refractivity contribution in [2.24, 2.45) is 0 Å². The number of nitrogens with zero attached hydrogens (tertiary/aromatic N) is 2. The van der Waals surface area contributed by atoms with E-state index in [1.807, 2.05) is 0 Å². The molecule has 5 rings (SSSR count). The molecule has 0 saturated carbocycles. The highest BCUT2D eigenvalue weighted by Crippen LogP contribution is 2.22. The molecule has 4 amide bonds. The molecule has 6 N–H and O–H groups in total. The molecule has 14 nitrogen and oxygen atoms in total. The molecule has 5 aromatic rings. The van der Waals surface area contributed by atoms with E-state index < -0.39 is 12.2 Å². The van der Waals surface area contributed by atoms with Gasteiger partial charge >= 0.3 is 12.2 Å². The molecular formula is C26H22N8O6. The van der Waals surface area contributed by atoms with Gasteiger partial charge in [-0.1, -0.05) is 0 Å². The van der Waals surface area contributed by atoms with Crippen LogP contribution in [-0.4, -0.2) is 58.2 Å². The van der Waals surface area contributed by atoms with Gasteiger partial charge in [-0.25, -0.2) is 19.6 Å². The van der Waals surface area contributed by atoms with E-state index in [0.717, 1.165) is 0 Å². The molecule has 14 heteroatoms. The summed E-state index contributed by atoms with van der Waals surface area (Å²) in [4.78, 5) is 62.6. The third-order valence-corrected chi connectivity index (χ3v) is 5.70. The summed E-state index contributed by atoms with van der Waals surface area (Å²) in [5.41, 5.74) is 4.04. The molecule has 202 valence electrons. The Bertz CT molecular complexity index is 1630. The van der Waals surface area contributed by atoms with E-state index in [0.29, 0.717) is 44.6 Å². The van der Waals surface area contributed by atoms with Crippen molar-refractivity contribution < 1.29 is 28.7 Å². The molecule has 2 heterocycles. The van der Waals surface area contributed by atoms with Crippen LogP contribution in [-0.2, 0) is 9.47 Å². The van der Waals surface area contributed by atoms with Crippen LogP contribution in [0, 0.1) is 0 Å². The number of carbonyl (C=O) groups excluding carboxylic acids is 4. The topological polar surface area (TPSA) is 192 Å². The van der Waals surface area contributed by atoms with Crippen molar-refractivity contribution in [3.8, 4) is 0 Å². The number of ether oxygens (including phenoxy) is 2. The lowest BCUT2D eigenvalue weighted by Crippen LogP contribution is -2.14. The Balaban J connectivity index is 1.22. The molecule has 3 aromatic carbocycles. The number of H-pyrrole nitrogens is 2. The molecule has 0 unspecified atom stereocenters. The first kappa shape index (κ1) is 25.7. The number of benzene rings is 3. The third kappa shape index (κ3) is 5.65. The maximum Gasteiger partial charge on any atom is 0.413 e. The number of hydrogen-bond acceptors (Lipinski definition) is 8. The number of nitrogens with one attached hydrogen (secondary N) is 6. The summed E-state index contributed by atoms with van der Waals surface area (Å²) in [5, 5.41) is 10.5. The van der Waals surface area contributed by atoms with E-state index in [1.165, 1.54) is 38.5 Å². The van der Waals surface area contributed by atoms with Gasteiger partial charge in [0.05, 0.1) is 36.3 Å². The lowest BCUT2D eigenvalue weighted by atomic mass is 10.1. The van der Waals surface area contributed by atoms with Crippen LogP contribution < -0.4 is 21.3 Å². The normalized spacial score (nSPS) is 10.7. The van der Waals surface area contributed by atoms with Gasteiger partial charge in [0.15, 0.2) is 0 Å². The van der Waals surface area contributed by atoms with Crippen molar-refractivity contribution >= 4 is 69.3 Å². The van der Waals surface area contributed by atoms with Gasteiger partial charge in [0.25, 0.3) is 11.8 Å². The van der Waals surface area contributed by atoms with Crippen LogP contribution in [0.25, 0.3) is 22.1 Å². The van der Waals surface area contributed by atoms with Crippen LogP contribution in [0.1, 0.15) is 20.7 Å². The zero-order valence-electron chi connectivity index (χ0n) is 21.1. The number of aromatic nitrogens is 4. The molecule has 0 aliphatic rings. The lowest BCUT2D eigenvalue weighted by Gasteiger charge is -2.08. The molecule has 0 atom stereocenters. The number of amides is 4. The summed E-state index contributed by atoms with van der Waals surface area (Å²) in [7, 11) is 2.49. The third-order valence-electron chi connectivity index (χ3n) is 5.70. The Morgan fingerprint density at radius 2 is 1.00 bits per heavy atom. The number of fused-ring (bicyclic) bond motifs is 2. The fourth-order valence-corrected chi connectivity index (χ4v) is 3.76. The van der Waals surface area contributed by atoms with Crippen molar-refractivity contribution in [1.82, 2.24) is 19.9 Å². The highest BCUT2D eigenvalue weighted by Gasteiger charge is 2.13. The quantitative estimate of drug-likeness (QED) is 0.183. The number of aromatic amines is 2. The van der Waals surface area contributed by atoms with Gasteiger partial charge in [0.1, 0.15) is 0 Å². The first-order valence-electron chi connectivity index (χ1n) is 11.7. The molecule has 0 aliphatic carbocycles. The summed E-state index contributed by atoms with van der Waals surface area (Å²) in [5.74, 6) is -0.335. The standard InChI is InChI=1S/C26H22N8O6/c1-39-25(37)33-23-29-17-9-7-15(11-19(17)31-23)27-21(35)13-3-5-14(6-4-13)22(36)28-16-8-10-18-20(12-16)32-24(30-18)34-26(38)40-2/h3-12H,1-2H3,(H,27,35)(H,28,36)(H2,29,31,33,37)(H2,30,32,34,38). The molecule has 0 fully saturated rings. The van der Waals surface area contributed by atoms with Crippen molar-refractivity contribution in [3.63, 3.8) is 0 Å². The predicted molar refractivity (Wildman–Crippen MR) is 147 cm³/mol. The van der Waals surface area contributed by atoms with Gasteiger partial charge in [0.2, 0.25) is 11.9 Å². The maximum atomic E-state index is 12.8. The zero-order valence-corrected chi connectivity index (χ0v) is 21.1. The second kappa shape index (κ2) is 10.8. The predicted octanol–water partition coefficient (Wildman–Crippen LogP) is 4.30. The number of imidazole rings is 2. The van der Waals surface area contributed by atoms with Gasteiger partial charge in [0, 0.05) is 22.5 Å². The Hall–Kier alpha value is -5.92. The van der Waals surface area contributed by atoms with Gasteiger partial charge < -0.3 is 30.1 Å². The molecule has 2 aromatic heterocycles. The minimum absolute atomic E-state index is 0.212. The van der Waals surface area contributed by atoms with Crippen LogP contribution >= 0.6 is 0 Å². The molecule has 40 heavy (non-hydrogen) atoms. The van der Waals surface area contributed by atoms with Crippen LogP contribution in [0.15, 0.2) is 60.7 Å². The zero-order chi connectivity index (χ0) is 28.2. The molecule has 0 aliphatic heterocycles. The fourth-order valence-electron chi connectivity index (χ4n) is 3.76. The van der Waals surface area contributed by atoms with Crippen molar-refractivity contribution in [2.45, 2.75) is 0 Å².